The van der Waals surface area contributed by atoms with Crippen LogP contribution in [0.15, 0.2) is 4.99 Å². The molecular formula is C8H11F3N2O. The summed E-state index contributed by atoms with van der Waals surface area (Å²) in [4.78, 5) is 14.7. The molecule has 1 rings (SSSR count). The Morgan fingerprint density at radius 1 is 1.36 bits per heavy atom. The SMILES string of the molecule is O=C=NC1CCN(CC(F)(F)F)CC1. The maximum Gasteiger partial charge on any atom is 0.401 e. The van der Waals surface area contributed by atoms with E-state index in [1.807, 2.05) is 0 Å². The summed E-state index contributed by atoms with van der Waals surface area (Å²) in [6, 6.07) is -0.142. The van der Waals surface area contributed by atoms with Gasteiger partial charge in [-0.1, -0.05) is 0 Å². The van der Waals surface area contributed by atoms with Gasteiger partial charge < -0.3 is 0 Å². The van der Waals surface area contributed by atoms with E-state index in [1.54, 1.807) is 0 Å². The largest absolute Gasteiger partial charge is 0.401 e. The fourth-order valence-electron chi connectivity index (χ4n) is 1.53. The van der Waals surface area contributed by atoms with Gasteiger partial charge in [0.05, 0.1) is 12.6 Å². The first-order valence-corrected chi connectivity index (χ1v) is 4.37. The van der Waals surface area contributed by atoms with Gasteiger partial charge in [0.2, 0.25) is 6.08 Å². The zero-order valence-electron chi connectivity index (χ0n) is 7.55. The molecule has 0 atom stereocenters. The summed E-state index contributed by atoms with van der Waals surface area (Å²) >= 11 is 0. The van der Waals surface area contributed by atoms with Gasteiger partial charge in [0, 0.05) is 13.1 Å². The molecular weight excluding hydrogens is 197 g/mol. The maximum atomic E-state index is 12.0. The van der Waals surface area contributed by atoms with Gasteiger partial charge in [0.1, 0.15) is 0 Å². The number of nitrogens with zero attached hydrogens (tertiary/aromatic N) is 2. The predicted molar refractivity (Wildman–Crippen MR) is 43.6 cm³/mol. The molecule has 0 aliphatic carbocycles. The second kappa shape index (κ2) is 4.57. The third-order valence-corrected chi connectivity index (χ3v) is 2.20. The molecule has 0 aromatic carbocycles. The van der Waals surface area contributed by atoms with Crippen molar-refractivity contribution in [1.29, 1.82) is 0 Å². The summed E-state index contributed by atoms with van der Waals surface area (Å²) in [5, 5.41) is 0. The predicted octanol–water partition coefficient (Wildman–Crippen LogP) is 1.35. The summed E-state index contributed by atoms with van der Waals surface area (Å²) < 4.78 is 35.9. The highest BCUT2D eigenvalue weighted by molar-refractivity contribution is 5.33. The van der Waals surface area contributed by atoms with Crippen LogP contribution in [0, 0.1) is 0 Å². The molecule has 0 spiro atoms. The first kappa shape index (κ1) is 11.2. The smallest absolute Gasteiger partial charge is 0.295 e. The molecule has 0 radical (unpaired) electrons. The number of rotatable bonds is 2. The Hall–Kier alpha value is -0.870. The minimum atomic E-state index is -4.14. The van der Waals surface area contributed by atoms with E-state index in [0.717, 1.165) is 0 Å². The van der Waals surface area contributed by atoms with Crippen LogP contribution < -0.4 is 0 Å². The maximum absolute atomic E-state index is 12.0. The van der Waals surface area contributed by atoms with Gasteiger partial charge >= 0.3 is 6.18 Å². The molecule has 3 nitrogen and oxygen atoms in total. The molecule has 1 saturated heterocycles. The summed E-state index contributed by atoms with van der Waals surface area (Å²) in [6.07, 6.45) is -1.69. The van der Waals surface area contributed by atoms with Gasteiger partial charge in [0.25, 0.3) is 0 Å². The lowest BCUT2D eigenvalue weighted by Gasteiger charge is -2.29. The molecule has 80 valence electrons. The summed E-state index contributed by atoms with van der Waals surface area (Å²) in [7, 11) is 0. The quantitative estimate of drug-likeness (QED) is 0.507. The Morgan fingerprint density at radius 2 is 1.93 bits per heavy atom. The highest BCUT2D eigenvalue weighted by atomic mass is 19.4. The zero-order valence-corrected chi connectivity index (χ0v) is 7.55. The Labute approximate surface area is 79.6 Å². The van der Waals surface area contributed by atoms with Crippen LogP contribution in [0.4, 0.5) is 13.2 Å². The van der Waals surface area contributed by atoms with Gasteiger partial charge in [-0.15, -0.1) is 0 Å². The molecule has 0 aromatic rings. The fourth-order valence-corrected chi connectivity index (χ4v) is 1.53. The van der Waals surface area contributed by atoms with E-state index in [0.29, 0.717) is 25.9 Å². The Kier molecular flexibility index (Phi) is 3.66. The summed E-state index contributed by atoms with van der Waals surface area (Å²) in [5.41, 5.74) is 0. The van der Waals surface area contributed by atoms with Crippen LogP contribution in [0.1, 0.15) is 12.8 Å². The first-order valence-electron chi connectivity index (χ1n) is 4.37. The normalized spacial score (nSPS) is 20.5. The molecule has 1 aliphatic heterocycles. The van der Waals surface area contributed by atoms with E-state index in [-0.39, 0.29) is 6.04 Å². The zero-order chi connectivity index (χ0) is 10.6. The van der Waals surface area contributed by atoms with Crippen molar-refractivity contribution in [2.45, 2.75) is 25.1 Å². The van der Waals surface area contributed by atoms with Crippen molar-refractivity contribution >= 4 is 6.08 Å². The Bertz CT molecular complexity index is 227. The van der Waals surface area contributed by atoms with Crippen LogP contribution in [0.25, 0.3) is 0 Å². The minimum Gasteiger partial charge on any atom is -0.295 e. The molecule has 0 saturated carbocycles. The molecule has 14 heavy (non-hydrogen) atoms. The number of aliphatic imine (C=N–C) groups is 1. The second-order valence-corrected chi connectivity index (χ2v) is 3.34. The highest BCUT2D eigenvalue weighted by Gasteiger charge is 2.32. The van der Waals surface area contributed by atoms with Gasteiger partial charge in [-0.05, 0) is 12.8 Å². The lowest BCUT2D eigenvalue weighted by molar-refractivity contribution is -0.147. The number of carbonyl (C=O) groups excluding carboxylic acids is 1. The molecule has 0 amide bonds. The molecule has 1 heterocycles. The topological polar surface area (TPSA) is 32.7 Å². The number of hydrogen-bond acceptors (Lipinski definition) is 3. The van der Waals surface area contributed by atoms with E-state index in [4.69, 9.17) is 0 Å². The van der Waals surface area contributed by atoms with Crippen molar-refractivity contribution in [3.8, 4) is 0 Å². The van der Waals surface area contributed by atoms with Gasteiger partial charge in [0.15, 0.2) is 0 Å². The van der Waals surface area contributed by atoms with E-state index >= 15 is 0 Å². The van der Waals surface area contributed by atoms with Gasteiger partial charge in [-0.3, -0.25) is 4.90 Å². The number of piperidine rings is 1. The number of alkyl halides is 3. The van der Waals surface area contributed by atoms with Crippen LogP contribution in [-0.4, -0.2) is 42.8 Å². The number of likely N-dealkylation sites (tertiary alicyclic amines) is 1. The van der Waals surface area contributed by atoms with E-state index in [2.05, 4.69) is 4.99 Å². The molecule has 0 unspecified atom stereocenters. The molecule has 0 aromatic heterocycles. The average Bonchev–Trinajstić information content (AvgIpc) is 2.06. The lowest BCUT2D eigenvalue weighted by Crippen LogP contribution is -2.41. The summed E-state index contributed by atoms with van der Waals surface area (Å²) in [5.74, 6) is 0. The van der Waals surface area contributed by atoms with Crippen LogP contribution in [-0.2, 0) is 4.79 Å². The number of halogens is 3. The molecule has 0 bridgehead atoms. The van der Waals surface area contributed by atoms with Crippen LogP contribution in [0.2, 0.25) is 0 Å². The average molecular weight is 208 g/mol. The van der Waals surface area contributed by atoms with Crippen molar-refractivity contribution in [2.24, 2.45) is 4.99 Å². The van der Waals surface area contributed by atoms with Crippen molar-refractivity contribution < 1.29 is 18.0 Å². The summed E-state index contributed by atoms with van der Waals surface area (Å²) in [6.45, 7) is -0.185. The molecule has 0 N–H and O–H groups in total. The standard InChI is InChI=1S/C8H11F3N2O/c9-8(10,11)5-13-3-1-7(2-4-13)12-6-14/h7H,1-5H2. The van der Waals surface area contributed by atoms with Gasteiger partial charge in [-0.25, -0.2) is 9.79 Å². The van der Waals surface area contributed by atoms with E-state index < -0.39 is 12.7 Å². The van der Waals surface area contributed by atoms with Crippen molar-refractivity contribution in [3.63, 3.8) is 0 Å². The monoisotopic (exact) mass is 208 g/mol. The first-order chi connectivity index (χ1) is 6.51. The fraction of sp³-hybridized carbons (Fsp3) is 0.875. The molecule has 6 heteroatoms. The van der Waals surface area contributed by atoms with Crippen LogP contribution in [0.5, 0.6) is 0 Å². The number of hydrogen-bond donors (Lipinski definition) is 0. The van der Waals surface area contributed by atoms with E-state index in [1.165, 1.54) is 11.0 Å². The van der Waals surface area contributed by atoms with Gasteiger partial charge in [-0.2, -0.15) is 13.2 Å². The van der Waals surface area contributed by atoms with Crippen molar-refractivity contribution in [1.82, 2.24) is 4.90 Å². The second-order valence-electron chi connectivity index (χ2n) is 3.34. The van der Waals surface area contributed by atoms with Crippen LogP contribution >= 0.6 is 0 Å². The lowest BCUT2D eigenvalue weighted by atomic mass is 10.1. The molecule has 1 aliphatic rings. The molecule has 1 fully saturated rings. The van der Waals surface area contributed by atoms with Crippen LogP contribution in [0.3, 0.4) is 0 Å². The van der Waals surface area contributed by atoms with Crippen molar-refractivity contribution in [3.05, 3.63) is 0 Å². The van der Waals surface area contributed by atoms with Crippen molar-refractivity contribution in [2.75, 3.05) is 19.6 Å². The third-order valence-electron chi connectivity index (χ3n) is 2.20. The highest BCUT2D eigenvalue weighted by Crippen LogP contribution is 2.20. The number of isocyanates is 1. The minimum absolute atomic E-state index is 0.142. The Balaban J connectivity index is 2.32. The Morgan fingerprint density at radius 3 is 2.36 bits per heavy atom. The van der Waals surface area contributed by atoms with E-state index in [9.17, 15) is 18.0 Å². The third kappa shape index (κ3) is 3.89.